The second-order valence-electron chi connectivity index (χ2n) is 4.48. The summed E-state index contributed by atoms with van der Waals surface area (Å²) in [7, 11) is 3.70. The Kier molecular flexibility index (Phi) is 3.52. The van der Waals surface area contributed by atoms with Crippen LogP contribution >= 0.6 is 11.3 Å². The third-order valence-electron chi connectivity index (χ3n) is 3.04. The van der Waals surface area contributed by atoms with Crippen molar-refractivity contribution in [3.63, 3.8) is 0 Å². The molecule has 0 bridgehead atoms. The zero-order valence-corrected chi connectivity index (χ0v) is 12.2. The fourth-order valence-electron chi connectivity index (χ4n) is 2.04. The van der Waals surface area contributed by atoms with E-state index in [4.69, 9.17) is 4.74 Å². The van der Waals surface area contributed by atoms with E-state index in [-0.39, 0.29) is 0 Å². The number of fused-ring (bicyclic) bond motifs is 1. The van der Waals surface area contributed by atoms with E-state index in [0.717, 1.165) is 33.3 Å². The van der Waals surface area contributed by atoms with Crippen molar-refractivity contribution in [2.75, 3.05) is 19.1 Å². The molecule has 0 amide bonds. The number of anilines is 1. The van der Waals surface area contributed by atoms with Crippen molar-refractivity contribution >= 4 is 26.7 Å². The zero-order chi connectivity index (χ0) is 13.9. The first-order chi connectivity index (χ1) is 9.78. The number of pyridine rings is 1. The highest BCUT2D eigenvalue weighted by Crippen LogP contribution is 2.33. The summed E-state index contributed by atoms with van der Waals surface area (Å²) in [6, 6.07) is 11.9. The summed E-state index contributed by atoms with van der Waals surface area (Å²) in [5.74, 6) is 0.816. The maximum Gasteiger partial charge on any atom is 0.186 e. The van der Waals surface area contributed by atoms with Crippen LogP contribution in [0.4, 0.5) is 5.13 Å². The summed E-state index contributed by atoms with van der Waals surface area (Å²) in [5, 5.41) is 0.968. The normalized spacial score (nSPS) is 10.7. The lowest BCUT2D eigenvalue weighted by Gasteiger charge is -2.14. The topological polar surface area (TPSA) is 38.2 Å². The molecule has 3 rings (SSSR count). The van der Waals surface area contributed by atoms with Crippen LogP contribution in [0.15, 0.2) is 42.6 Å². The molecule has 0 N–H and O–H groups in total. The lowest BCUT2D eigenvalue weighted by molar-refractivity contribution is 0.419. The lowest BCUT2D eigenvalue weighted by atomic mass is 10.3. The molecule has 0 unspecified atom stereocenters. The van der Waals surface area contributed by atoms with Crippen LogP contribution in [0, 0.1) is 0 Å². The first-order valence-electron chi connectivity index (χ1n) is 6.32. The fourth-order valence-corrected chi connectivity index (χ4v) is 2.99. The van der Waals surface area contributed by atoms with E-state index in [9.17, 15) is 0 Å². The summed E-state index contributed by atoms with van der Waals surface area (Å²) < 4.78 is 6.48. The Morgan fingerprint density at radius 2 is 2.10 bits per heavy atom. The maximum absolute atomic E-state index is 5.35. The standard InChI is InChI=1S/C15H15N3OS/c1-18(10-11-6-3-4-9-16-11)15-17-14-12(19-2)7-5-8-13(14)20-15/h3-9H,10H2,1-2H3. The molecule has 0 atom stereocenters. The van der Waals surface area contributed by atoms with Gasteiger partial charge in [0.25, 0.3) is 0 Å². The first-order valence-corrected chi connectivity index (χ1v) is 7.14. The first kappa shape index (κ1) is 12.9. The maximum atomic E-state index is 5.35. The highest BCUT2D eigenvalue weighted by atomic mass is 32.1. The van der Waals surface area contributed by atoms with Crippen LogP contribution in [-0.2, 0) is 6.54 Å². The minimum absolute atomic E-state index is 0.739. The molecule has 0 saturated carbocycles. The highest BCUT2D eigenvalue weighted by molar-refractivity contribution is 7.22. The van der Waals surface area contributed by atoms with Crippen molar-refractivity contribution in [3.8, 4) is 5.75 Å². The fraction of sp³-hybridized carbons (Fsp3) is 0.200. The van der Waals surface area contributed by atoms with Crippen molar-refractivity contribution in [2.24, 2.45) is 0 Å². The largest absolute Gasteiger partial charge is 0.494 e. The molecule has 0 fully saturated rings. The number of hydrogen-bond donors (Lipinski definition) is 0. The number of ether oxygens (including phenoxy) is 1. The number of nitrogens with zero attached hydrogens (tertiary/aromatic N) is 3. The zero-order valence-electron chi connectivity index (χ0n) is 11.4. The Morgan fingerprint density at radius 3 is 2.85 bits per heavy atom. The molecule has 0 aliphatic heterocycles. The minimum atomic E-state index is 0.739. The molecule has 102 valence electrons. The van der Waals surface area contributed by atoms with E-state index in [2.05, 4.69) is 20.9 Å². The molecule has 4 nitrogen and oxygen atoms in total. The Balaban J connectivity index is 1.90. The Hall–Kier alpha value is -2.14. The third kappa shape index (κ3) is 2.44. The molecule has 0 spiro atoms. The Morgan fingerprint density at radius 1 is 1.20 bits per heavy atom. The second-order valence-corrected chi connectivity index (χ2v) is 5.49. The molecule has 2 aromatic heterocycles. The molecule has 2 heterocycles. The van der Waals surface area contributed by atoms with Gasteiger partial charge in [0.15, 0.2) is 5.13 Å². The molecular formula is C15H15N3OS. The predicted octanol–water partition coefficient (Wildman–Crippen LogP) is 3.34. The molecule has 0 saturated heterocycles. The third-order valence-corrected chi connectivity index (χ3v) is 4.18. The average molecular weight is 285 g/mol. The van der Waals surface area contributed by atoms with E-state index >= 15 is 0 Å². The average Bonchev–Trinajstić information content (AvgIpc) is 2.92. The molecule has 0 radical (unpaired) electrons. The van der Waals surface area contributed by atoms with Gasteiger partial charge in [0.1, 0.15) is 11.3 Å². The number of thiazole rings is 1. The summed E-state index contributed by atoms with van der Waals surface area (Å²) in [5.41, 5.74) is 1.95. The Labute approximate surface area is 121 Å². The number of rotatable bonds is 4. The molecule has 0 aliphatic rings. The van der Waals surface area contributed by atoms with Crippen molar-refractivity contribution in [3.05, 3.63) is 48.3 Å². The number of para-hydroxylation sites is 1. The molecular weight excluding hydrogens is 270 g/mol. The monoisotopic (exact) mass is 285 g/mol. The van der Waals surface area contributed by atoms with E-state index in [0.29, 0.717) is 0 Å². The molecule has 1 aromatic carbocycles. The molecule has 20 heavy (non-hydrogen) atoms. The molecule has 3 aromatic rings. The lowest BCUT2D eigenvalue weighted by Crippen LogP contribution is -2.16. The van der Waals surface area contributed by atoms with Gasteiger partial charge in [-0.05, 0) is 24.3 Å². The van der Waals surface area contributed by atoms with Gasteiger partial charge in [-0.15, -0.1) is 0 Å². The molecule has 5 heteroatoms. The van der Waals surface area contributed by atoms with Crippen LogP contribution in [-0.4, -0.2) is 24.1 Å². The van der Waals surface area contributed by atoms with Crippen molar-refractivity contribution in [2.45, 2.75) is 6.54 Å². The van der Waals surface area contributed by atoms with Gasteiger partial charge < -0.3 is 9.64 Å². The summed E-state index contributed by atoms with van der Waals surface area (Å²) in [6.07, 6.45) is 1.81. The van der Waals surface area contributed by atoms with Crippen LogP contribution in [0.1, 0.15) is 5.69 Å². The van der Waals surface area contributed by atoms with Gasteiger partial charge in [-0.3, -0.25) is 4.98 Å². The quantitative estimate of drug-likeness (QED) is 0.737. The van der Waals surface area contributed by atoms with E-state index in [1.807, 2.05) is 43.6 Å². The van der Waals surface area contributed by atoms with Gasteiger partial charge in [0.05, 0.1) is 24.0 Å². The molecule has 0 aliphatic carbocycles. The van der Waals surface area contributed by atoms with Crippen molar-refractivity contribution in [1.82, 2.24) is 9.97 Å². The number of methoxy groups -OCH3 is 1. The van der Waals surface area contributed by atoms with Crippen LogP contribution < -0.4 is 9.64 Å². The summed E-state index contributed by atoms with van der Waals surface area (Å²) in [4.78, 5) is 11.1. The number of benzene rings is 1. The van der Waals surface area contributed by atoms with Crippen LogP contribution in [0.25, 0.3) is 10.2 Å². The van der Waals surface area contributed by atoms with Crippen molar-refractivity contribution in [1.29, 1.82) is 0 Å². The Bertz CT molecular complexity index is 711. The van der Waals surface area contributed by atoms with E-state index < -0.39 is 0 Å². The van der Waals surface area contributed by atoms with E-state index in [1.54, 1.807) is 18.4 Å². The van der Waals surface area contributed by atoms with Gasteiger partial charge in [-0.1, -0.05) is 23.5 Å². The summed E-state index contributed by atoms with van der Waals surface area (Å²) in [6.45, 7) is 0.739. The van der Waals surface area contributed by atoms with Gasteiger partial charge in [-0.2, -0.15) is 0 Å². The summed E-state index contributed by atoms with van der Waals surface area (Å²) >= 11 is 1.66. The highest BCUT2D eigenvalue weighted by Gasteiger charge is 2.12. The number of hydrogen-bond acceptors (Lipinski definition) is 5. The van der Waals surface area contributed by atoms with Crippen molar-refractivity contribution < 1.29 is 4.74 Å². The van der Waals surface area contributed by atoms with E-state index in [1.165, 1.54) is 0 Å². The van der Waals surface area contributed by atoms with Gasteiger partial charge in [-0.25, -0.2) is 4.98 Å². The SMILES string of the molecule is COc1cccc2sc(N(C)Cc3ccccn3)nc12. The minimum Gasteiger partial charge on any atom is -0.494 e. The van der Waals surface area contributed by atoms with Gasteiger partial charge in [0, 0.05) is 13.2 Å². The van der Waals surface area contributed by atoms with Crippen LogP contribution in [0.3, 0.4) is 0 Å². The smallest absolute Gasteiger partial charge is 0.186 e. The predicted molar refractivity (Wildman–Crippen MR) is 82.5 cm³/mol. The van der Waals surface area contributed by atoms with Gasteiger partial charge >= 0.3 is 0 Å². The second kappa shape index (κ2) is 5.46. The number of aromatic nitrogens is 2. The van der Waals surface area contributed by atoms with Crippen LogP contribution in [0.5, 0.6) is 5.75 Å². The van der Waals surface area contributed by atoms with Crippen LogP contribution in [0.2, 0.25) is 0 Å². The van der Waals surface area contributed by atoms with Gasteiger partial charge in [0.2, 0.25) is 0 Å².